The van der Waals surface area contributed by atoms with Gasteiger partial charge in [-0.1, -0.05) is 0 Å². The predicted molar refractivity (Wildman–Crippen MR) is 98.9 cm³/mol. The molecule has 3 rings (SSSR count). The first kappa shape index (κ1) is 17.6. The molecule has 0 radical (unpaired) electrons. The quantitative estimate of drug-likeness (QED) is 0.639. The number of nitrogens with zero attached hydrogens (tertiary/aromatic N) is 4. The largest absolute Gasteiger partial charge is 0.381 e. The van der Waals surface area contributed by atoms with Gasteiger partial charge in [0.1, 0.15) is 0 Å². The second-order valence-corrected chi connectivity index (χ2v) is 7.66. The Labute approximate surface area is 148 Å². The number of hydrogen-bond donors (Lipinski definition) is 1. The minimum absolute atomic E-state index is 0.732. The van der Waals surface area contributed by atoms with Crippen molar-refractivity contribution in [2.75, 3.05) is 59.5 Å². The lowest BCUT2D eigenvalue weighted by atomic mass is 10.1. The van der Waals surface area contributed by atoms with Crippen molar-refractivity contribution >= 4 is 17.3 Å². The van der Waals surface area contributed by atoms with Crippen LogP contribution in [0.1, 0.15) is 17.1 Å². The molecule has 0 aromatic carbocycles. The van der Waals surface area contributed by atoms with Gasteiger partial charge >= 0.3 is 0 Å². The Hall–Kier alpha value is -1.18. The molecule has 2 aliphatic heterocycles. The lowest BCUT2D eigenvalue weighted by Crippen LogP contribution is -2.53. The van der Waals surface area contributed by atoms with Crippen LogP contribution in [0.5, 0.6) is 0 Å². The molecule has 2 fully saturated rings. The van der Waals surface area contributed by atoms with Gasteiger partial charge in [0.25, 0.3) is 0 Å². The summed E-state index contributed by atoms with van der Waals surface area (Å²) < 4.78 is 5.49. The fraction of sp³-hybridized carbons (Fsp3) is 0.765. The van der Waals surface area contributed by atoms with Crippen LogP contribution in [0.2, 0.25) is 0 Å². The number of guanidine groups is 1. The molecule has 2 saturated heterocycles. The topological polar surface area (TPSA) is 53.0 Å². The molecule has 1 aromatic rings. The van der Waals surface area contributed by atoms with E-state index in [1.807, 2.05) is 7.05 Å². The van der Waals surface area contributed by atoms with Crippen LogP contribution < -0.4 is 5.32 Å². The van der Waals surface area contributed by atoms with Crippen LogP contribution in [0.25, 0.3) is 0 Å². The molecule has 2 aliphatic rings. The first-order chi connectivity index (χ1) is 11.7. The summed E-state index contributed by atoms with van der Waals surface area (Å²) in [5.74, 6) is 1.75. The average molecular weight is 352 g/mol. The summed E-state index contributed by atoms with van der Waals surface area (Å²) in [6.45, 7) is 10.3. The summed E-state index contributed by atoms with van der Waals surface area (Å²) in [6.07, 6.45) is 2.17. The van der Waals surface area contributed by atoms with Crippen LogP contribution in [0, 0.1) is 12.8 Å². The number of aromatic nitrogens is 1. The fourth-order valence-corrected chi connectivity index (χ4v) is 4.04. The zero-order valence-corrected chi connectivity index (χ0v) is 15.6. The molecule has 0 aliphatic carbocycles. The zero-order chi connectivity index (χ0) is 16.8. The highest BCUT2D eigenvalue weighted by Gasteiger charge is 2.23. The summed E-state index contributed by atoms with van der Waals surface area (Å²) >= 11 is 1.72. The van der Waals surface area contributed by atoms with E-state index >= 15 is 0 Å². The van der Waals surface area contributed by atoms with Crippen molar-refractivity contribution in [1.29, 1.82) is 0 Å². The standard InChI is InChI=1S/C17H29N5OS/c1-14-20-16(13-24-14)3-5-19-17(18-2)22-8-6-21(7-9-22)11-15-4-10-23-12-15/h13,15H,3-12H2,1-2H3,(H,18,19). The van der Waals surface area contributed by atoms with E-state index in [4.69, 9.17) is 4.74 Å². The van der Waals surface area contributed by atoms with Gasteiger partial charge < -0.3 is 15.0 Å². The highest BCUT2D eigenvalue weighted by molar-refractivity contribution is 7.09. The molecule has 7 heteroatoms. The fourth-order valence-electron chi connectivity index (χ4n) is 3.39. The van der Waals surface area contributed by atoms with Crippen LogP contribution in [0.15, 0.2) is 10.4 Å². The third kappa shape index (κ3) is 4.91. The van der Waals surface area contributed by atoms with E-state index in [0.717, 1.165) is 69.2 Å². The molecule has 1 unspecified atom stereocenters. The van der Waals surface area contributed by atoms with E-state index in [1.165, 1.54) is 18.7 Å². The molecular weight excluding hydrogens is 322 g/mol. The van der Waals surface area contributed by atoms with Gasteiger partial charge in [-0.15, -0.1) is 11.3 Å². The van der Waals surface area contributed by atoms with Gasteiger partial charge in [0.05, 0.1) is 17.3 Å². The van der Waals surface area contributed by atoms with Crippen LogP contribution >= 0.6 is 11.3 Å². The maximum atomic E-state index is 5.49. The van der Waals surface area contributed by atoms with Gasteiger partial charge in [0.2, 0.25) is 0 Å². The van der Waals surface area contributed by atoms with Crippen LogP contribution in [-0.4, -0.2) is 80.3 Å². The van der Waals surface area contributed by atoms with Gasteiger partial charge in [-0.05, 0) is 19.3 Å². The van der Waals surface area contributed by atoms with Crippen LogP contribution in [0.4, 0.5) is 0 Å². The van der Waals surface area contributed by atoms with Crippen molar-refractivity contribution in [3.63, 3.8) is 0 Å². The van der Waals surface area contributed by atoms with E-state index in [1.54, 1.807) is 11.3 Å². The van der Waals surface area contributed by atoms with Crippen molar-refractivity contribution in [3.05, 3.63) is 16.1 Å². The van der Waals surface area contributed by atoms with Gasteiger partial charge in [-0.2, -0.15) is 0 Å². The normalized spacial score (nSPS) is 23.0. The second kappa shape index (κ2) is 8.78. The van der Waals surface area contributed by atoms with E-state index in [0.29, 0.717) is 0 Å². The number of aliphatic imine (C=N–C) groups is 1. The monoisotopic (exact) mass is 351 g/mol. The van der Waals surface area contributed by atoms with Crippen molar-refractivity contribution in [3.8, 4) is 0 Å². The Morgan fingerprint density at radius 1 is 1.42 bits per heavy atom. The lowest BCUT2D eigenvalue weighted by molar-refractivity contribution is 0.139. The highest BCUT2D eigenvalue weighted by atomic mass is 32.1. The minimum atomic E-state index is 0.732. The van der Waals surface area contributed by atoms with Crippen LogP contribution in [0.3, 0.4) is 0 Å². The van der Waals surface area contributed by atoms with Gasteiger partial charge in [-0.3, -0.25) is 9.89 Å². The van der Waals surface area contributed by atoms with Crippen molar-refractivity contribution in [1.82, 2.24) is 20.1 Å². The molecular formula is C17H29N5OS. The third-order valence-corrected chi connectivity index (χ3v) is 5.58. The second-order valence-electron chi connectivity index (χ2n) is 6.60. The summed E-state index contributed by atoms with van der Waals surface area (Å²) in [4.78, 5) is 13.9. The van der Waals surface area contributed by atoms with Crippen molar-refractivity contribution < 1.29 is 4.74 Å². The Kier molecular flexibility index (Phi) is 6.45. The number of nitrogens with one attached hydrogen (secondary N) is 1. The highest BCUT2D eigenvalue weighted by Crippen LogP contribution is 2.15. The van der Waals surface area contributed by atoms with Crippen LogP contribution in [-0.2, 0) is 11.2 Å². The number of rotatable bonds is 5. The van der Waals surface area contributed by atoms with Crippen molar-refractivity contribution in [2.45, 2.75) is 19.8 Å². The Bertz CT molecular complexity index is 533. The Balaban J connectivity index is 1.38. The molecule has 1 aromatic heterocycles. The molecule has 0 amide bonds. The average Bonchev–Trinajstić information content (AvgIpc) is 3.24. The summed E-state index contributed by atoms with van der Waals surface area (Å²) in [6, 6.07) is 0. The number of aryl methyl sites for hydroxylation is 1. The number of piperazine rings is 1. The van der Waals surface area contributed by atoms with E-state index in [9.17, 15) is 0 Å². The lowest BCUT2D eigenvalue weighted by Gasteiger charge is -2.37. The molecule has 6 nitrogen and oxygen atoms in total. The Morgan fingerprint density at radius 2 is 2.25 bits per heavy atom. The third-order valence-electron chi connectivity index (χ3n) is 4.75. The number of thiazole rings is 1. The molecule has 24 heavy (non-hydrogen) atoms. The SMILES string of the molecule is CN=C(NCCc1csc(C)n1)N1CCN(CC2CCOC2)CC1. The summed E-state index contributed by atoms with van der Waals surface area (Å²) in [5.41, 5.74) is 1.17. The van der Waals surface area contributed by atoms with Gasteiger partial charge in [0.15, 0.2) is 5.96 Å². The van der Waals surface area contributed by atoms with E-state index in [-0.39, 0.29) is 0 Å². The number of ether oxygens (including phenoxy) is 1. The van der Waals surface area contributed by atoms with Gasteiger partial charge in [0, 0.05) is 64.7 Å². The first-order valence-corrected chi connectivity index (χ1v) is 9.79. The molecule has 0 saturated carbocycles. The molecule has 3 heterocycles. The van der Waals surface area contributed by atoms with Gasteiger partial charge in [-0.25, -0.2) is 4.98 Å². The molecule has 134 valence electrons. The first-order valence-electron chi connectivity index (χ1n) is 8.91. The summed E-state index contributed by atoms with van der Waals surface area (Å²) in [5, 5.41) is 6.77. The molecule has 0 bridgehead atoms. The zero-order valence-electron chi connectivity index (χ0n) is 14.8. The van der Waals surface area contributed by atoms with E-state index < -0.39 is 0 Å². The predicted octanol–water partition coefficient (Wildman–Crippen LogP) is 1.22. The maximum Gasteiger partial charge on any atom is 0.193 e. The Morgan fingerprint density at radius 3 is 2.88 bits per heavy atom. The summed E-state index contributed by atoms with van der Waals surface area (Å²) in [7, 11) is 1.87. The maximum absolute atomic E-state index is 5.49. The van der Waals surface area contributed by atoms with Crippen molar-refractivity contribution in [2.24, 2.45) is 10.9 Å². The number of hydrogen-bond acceptors (Lipinski definition) is 5. The van der Waals surface area contributed by atoms with E-state index in [2.05, 4.69) is 37.4 Å². The smallest absolute Gasteiger partial charge is 0.193 e. The molecule has 1 atom stereocenters. The minimum Gasteiger partial charge on any atom is -0.381 e. The molecule has 0 spiro atoms. The molecule has 1 N–H and O–H groups in total.